The van der Waals surface area contributed by atoms with Crippen molar-refractivity contribution in [3.8, 4) is 11.4 Å². The molecule has 0 bridgehead atoms. The molecule has 1 saturated heterocycles. The van der Waals surface area contributed by atoms with Gasteiger partial charge in [-0.05, 0) is 60.7 Å². The van der Waals surface area contributed by atoms with Crippen molar-refractivity contribution in [3.63, 3.8) is 0 Å². The Morgan fingerprint density at radius 1 is 1.00 bits per heavy atom. The number of rotatable bonds is 12. The Hall–Kier alpha value is -4.36. The monoisotopic (exact) mass is 622 g/mol. The van der Waals surface area contributed by atoms with Gasteiger partial charge in [0.05, 0.1) is 17.3 Å². The molecule has 0 spiro atoms. The lowest BCUT2D eigenvalue weighted by molar-refractivity contribution is -0.190. The van der Waals surface area contributed by atoms with Crippen LogP contribution in [0.25, 0.3) is 5.69 Å². The van der Waals surface area contributed by atoms with Gasteiger partial charge in [0.15, 0.2) is 0 Å². The Morgan fingerprint density at radius 2 is 1.74 bits per heavy atom. The molecule has 0 aliphatic carbocycles. The normalized spacial score (nSPS) is 18.0. The number of halogens is 2. The van der Waals surface area contributed by atoms with Crippen LogP contribution in [-0.4, -0.2) is 61.9 Å². The fourth-order valence-electron chi connectivity index (χ4n) is 4.73. The smallest absolute Gasteiger partial charge is 0.347 e. The van der Waals surface area contributed by atoms with Crippen LogP contribution < -0.4 is 21.1 Å². The lowest BCUT2D eigenvalue weighted by Gasteiger charge is -2.29. The average Bonchev–Trinajstić information content (AvgIpc) is 3.78. The van der Waals surface area contributed by atoms with E-state index in [2.05, 4.69) is 30.9 Å². The van der Waals surface area contributed by atoms with Gasteiger partial charge >= 0.3 is 5.69 Å². The van der Waals surface area contributed by atoms with Crippen LogP contribution in [0, 0.1) is 0 Å². The number of H-pyrrole nitrogens is 1. The topological polar surface area (TPSA) is 133 Å². The van der Waals surface area contributed by atoms with Crippen molar-refractivity contribution in [3.05, 3.63) is 112 Å². The highest BCUT2D eigenvalue weighted by atomic mass is 35.5. The maximum atomic E-state index is 11.7. The van der Waals surface area contributed by atoms with Crippen LogP contribution in [-0.2, 0) is 21.8 Å². The first kappa shape index (κ1) is 28.7. The summed E-state index contributed by atoms with van der Waals surface area (Å²) in [6.07, 6.45) is 4.16. The Kier molecular flexibility index (Phi) is 8.61. The van der Waals surface area contributed by atoms with Crippen molar-refractivity contribution in [1.82, 2.24) is 29.5 Å². The largest absolute Gasteiger partial charge is 0.491 e. The third-order valence-corrected chi connectivity index (χ3v) is 7.36. The molecule has 0 radical (unpaired) electrons. The Bertz CT molecular complexity index is 1690. The molecule has 1 fully saturated rings. The number of hydrogen-bond acceptors (Lipinski definition) is 9. The minimum atomic E-state index is -1.16. The summed E-state index contributed by atoms with van der Waals surface area (Å²) in [5.41, 5.74) is 3.04. The van der Waals surface area contributed by atoms with Crippen molar-refractivity contribution in [1.29, 1.82) is 0 Å². The van der Waals surface area contributed by atoms with Crippen molar-refractivity contribution < 1.29 is 14.2 Å². The third-order valence-electron chi connectivity index (χ3n) is 6.81. The van der Waals surface area contributed by atoms with Gasteiger partial charge in [-0.3, -0.25) is 0 Å². The van der Waals surface area contributed by atoms with E-state index in [1.54, 1.807) is 29.2 Å². The molecule has 2 atom stereocenters. The minimum Gasteiger partial charge on any atom is -0.491 e. The zero-order valence-electron chi connectivity index (χ0n) is 22.8. The summed E-state index contributed by atoms with van der Waals surface area (Å²) in [4.78, 5) is 15.7. The van der Waals surface area contributed by atoms with Crippen molar-refractivity contribution >= 4 is 34.6 Å². The number of aromatic amines is 1. The van der Waals surface area contributed by atoms with E-state index in [4.69, 9.17) is 37.4 Å². The van der Waals surface area contributed by atoms with Crippen LogP contribution in [0.5, 0.6) is 5.75 Å². The third kappa shape index (κ3) is 6.83. The Balaban J connectivity index is 0.980. The van der Waals surface area contributed by atoms with Gasteiger partial charge in [-0.1, -0.05) is 29.3 Å². The summed E-state index contributed by atoms with van der Waals surface area (Å²) in [6, 6.07) is 20.5. The maximum absolute atomic E-state index is 11.7. The highest BCUT2D eigenvalue weighted by Crippen LogP contribution is 2.40. The number of nitrogens with one attached hydrogen (secondary N) is 3. The minimum absolute atomic E-state index is 0.262. The summed E-state index contributed by atoms with van der Waals surface area (Å²) in [5, 5.41) is 18.0. The number of nitrogens with zero attached hydrogens (tertiary/aromatic N) is 5. The summed E-state index contributed by atoms with van der Waals surface area (Å²) in [7, 11) is 0. The highest BCUT2D eigenvalue weighted by molar-refractivity contribution is 6.35. The van der Waals surface area contributed by atoms with E-state index in [-0.39, 0.29) is 24.9 Å². The van der Waals surface area contributed by atoms with Crippen LogP contribution in [0.2, 0.25) is 10.0 Å². The molecule has 3 N–H and O–H groups in total. The van der Waals surface area contributed by atoms with Crippen LogP contribution in [0.3, 0.4) is 0 Å². The molecule has 12 nitrogen and oxygen atoms in total. The van der Waals surface area contributed by atoms with Gasteiger partial charge in [-0.25, -0.2) is 24.1 Å². The molecule has 3 heterocycles. The SMILES string of the molecule is O=c1[nH]ncn1-c1ccc(NCCNc2ccc(OCC3COC(Cn4cncn4)(c4ccc(Cl)cc4Cl)O3)cc2)cc1. The molecule has 3 aromatic carbocycles. The molecule has 43 heavy (non-hydrogen) atoms. The van der Waals surface area contributed by atoms with Crippen molar-refractivity contribution in [2.45, 2.75) is 18.4 Å². The summed E-state index contributed by atoms with van der Waals surface area (Å²) >= 11 is 12.7. The molecule has 2 aromatic heterocycles. The quantitative estimate of drug-likeness (QED) is 0.174. The molecule has 6 rings (SSSR count). The van der Waals surface area contributed by atoms with E-state index in [0.29, 0.717) is 41.1 Å². The predicted octanol–water partition coefficient (Wildman–Crippen LogP) is 4.33. The number of ether oxygens (including phenoxy) is 3. The molecule has 1 aliphatic rings. The second kappa shape index (κ2) is 12.9. The van der Waals surface area contributed by atoms with Gasteiger partial charge in [0.1, 0.15) is 44.0 Å². The van der Waals surface area contributed by atoms with Gasteiger partial charge in [0.2, 0.25) is 5.79 Å². The summed E-state index contributed by atoms with van der Waals surface area (Å²) in [5.74, 6) is -0.450. The van der Waals surface area contributed by atoms with Crippen LogP contribution in [0.4, 0.5) is 11.4 Å². The predicted molar refractivity (Wildman–Crippen MR) is 162 cm³/mol. The molecule has 222 valence electrons. The zero-order valence-corrected chi connectivity index (χ0v) is 24.3. The number of hydrogen-bond donors (Lipinski definition) is 3. The number of anilines is 2. The van der Waals surface area contributed by atoms with E-state index in [1.165, 1.54) is 17.2 Å². The van der Waals surface area contributed by atoms with E-state index < -0.39 is 5.79 Å². The molecular formula is C29H28Cl2N8O4. The molecule has 5 aromatic rings. The lowest BCUT2D eigenvalue weighted by Crippen LogP contribution is -2.35. The average molecular weight is 624 g/mol. The molecule has 14 heteroatoms. The number of benzene rings is 3. The molecular weight excluding hydrogens is 595 g/mol. The molecule has 1 aliphatic heterocycles. The molecule has 0 saturated carbocycles. The maximum Gasteiger partial charge on any atom is 0.347 e. The second-order valence-corrected chi connectivity index (χ2v) is 10.6. The first-order chi connectivity index (χ1) is 21.0. The Morgan fingerprint density at radius 3 is 2.40 bits per heavy atom. The fraction of sp³-hybridized carbons (Fsp3) is 0.241. The van der Waals surface area contributed by atoms with Crippen LogP contribution in [0.15, 0.2) is 90.5 Å². The first-order valence-electron chi connectivity index (χ1n) is 13.5. The van der Waals surface area contributed by atoms with E-state index >= 15 is 0 Å². The highest BCUT2D eigenvalue weighted by Gasteiger charge is 2.45. The van der Waals surface area contributed by atoms with Gasteiger partial charge in [0, 0.05) is 35.1 Å². The summed E-state index contributed by atoms with van der Waals surface area (Å²) in [6.45, 7) is 2.27. The first-order valence-corrected chi connectivity index (χ1v) is 14.3. The fourth-order valence-corrected chi connectivity index (χ4v) is 5.28. The number of aromatic nitrogens is 6. The van der Waals surface area contributed by atoms with Crippen LogP contribution >= 0.6 is 23.2 Å². The van der Waals surface area contributed by atoms with E-state index in [9.17, 15) is 4.79 Å². The van der Waals surface area contributed by atoms with Gasteiger partial charge < -0.3 is 24.8 Å². The molecule has 2 unspecified atom stereocenters. The molecule has 0 amide bonds. The van der Waals surface area contributed by atoms with Crippen molar-refractivity contribution in [2.75, 3.05) is 36.9 Å². The lowest BCUT2D eigenvalue weighted by atomic mass is 10.1. The zero-order chi connectivity index (χ0) is 29.6. The van der Waals surface area contributed by atoms with Gasteiger partial charge in [-0.2, -0.15) is 10.2 Å². The van der Waals surface area contributed by atoms with E-state index in [0.717, 1.165) is 17.1 Å². The standard InChI is InChI=1S/C29H28Cl2N8O4/c30-20-1-10-26(27(31)13-20)29(16-38-18-32-17-36-38)42-15-25(43-29)14-41-24-8-4-22(5-9-24)34-12-11-33-21-2-6-23(7-3-21)39-19-35-37-28(39)40/h1-10,13,17-19,25,33-34H,11-12,14-16H2,(H,37,40). The van der Waals surface area contributed by atoms with Crippen LogP contribution in [0.1, 0.15) is 5.56 Å². The second-order valence-electron chi connectivity index (χ2n) is 9.79. The van der Waals surface area contributed by atoms with Gasteiger partial charge in [-0.15, -0.1) is 0 Å². The van der Waals surface area contributed by atoms with Gasteiger partial charge in [0.25, 0.3) is 0 Å². The summed E-state index contributed by atoms with van der Waals surface area (Å²) < 4.78 is 21.7. The Labute approximate surface area is 256 Å². The van der Waals surface area contributed by atoms with E-state index in [1.807, 2.05) is 48.5 Å². The van der Waals surface area contributed by atoms with Crippen molar-refractivity contribution in [2.24, 2.45) is 0 Å².